The number of aromatic nitrogens is 4. The van der Waals surface area contributed by atoms with Crippen molar-refractivity contribution in [2.24, 2.45) is 5.41 Å². The first-order valence-electron chi connectivity index (χ1n) is 11.4. The summed E-state index contributed by atoms with van der Waals surface area (Å²) in [4.78, 5) is 29.0. The molecule has 0 unspecified atom stereocenters. The largest absolute Gasteiger partial charge is 0.417 e. The van der Waals surface area contributed by atoms with Crippen LogP contribution in [0.2, 0.25) is 5.02 Å². The highest BCUT2D eigenvalue weighted by Crippen LogP contribution is 2.36. The number of rotatable bonds is 5. The summed E-state index contributed by atoms with van der Waals surface area (Å²) in [5, 5.41) is 16.2. The maximum absolute atomic E-state index is 13.1. The van der Waals surface area contributed by atoms with Crippen molar-refractivity contribution in [3.05, 3.63) is 53.3 Å². The molecule has 2 amide bonds. The number of carbonyl (C=O) groups excluding carboxylic acids is 2. The molecule has 2 atom stereocenters. The fourth-order valence-corrected chi connectivity index (χ4v) is 3.90. The third-order valence-electron chi connectivity index (χ3n) is 5.83. The van der Waals surface area contributed by atoms with E-state index in [4.69, 9.17) is 11.6 Å². The van der Waals surface area contributed by atoms with Gasteiger partial charge in [-0.1, -0.05) is 37.6 Å². The van der Waals surface area contributed by atoms with Crippen LogP contribution in [-0.4, -0.2) is 44.4 Å². The standard InChI is InChI=1S/C24H25ClF3N7O2/c1-23(2,3)22(37)32-20-7-4-13(10-30-20)19-12-35(34-33-19)15-9-18(29-11-15)21(36)31-14-5-6-17(25)16(8-14)24(26,27)28/h4-8,10,12,15,18,29H,9,11H2,1-3H3,(H,31,36)(H,30,32,37)/t15-,18-/m0/s1. The molecule has 1 fully saturated rings. The maximum Gasteiger partial charge on any atom is 0.417 e. The summed E-state index contributed by atoms with van der Waals surface area (Å²) in [6.07, 6.45) is -0.956. The molecule has 1 saturated heterocycles. The van der Waals surface area contributed by atoms with E-state index in [-0.39, 0.29) is 17.6 Å². The first-order chi connectivity index (χ1) is 17.3. The molecule has 3 heterocycles. The Morgan fingerprint density at radius 3 is 2.54 bits per heavy atom. The lowest BCUT2D eigenvalue weighted by molar-refractivity contribution is -0.137. The number of alkyl halides is 3. The Kier molecular flexibility index (Phi) is 7.24. The Morgan fingerprint density at radius 1 is 1.14 bits per heavy atom. The van der Waals surface area contributed by atoms with Crippen LogP contribution < -0.4 is 16.0 Å². The molecule has 3 N–H and O–H groups in total. The Bertz CT molecular complexity index is 1300. The molecule has 4 rings (SSSR count). The molecule has 3 aromatic rings. The number of carbonyl (C=O) groups is 2. The molecule has 37 heavy (non-hydrogen) atoms. The number of hydrogen-bond donors (Lipinski definition) is 3. The second-order valence-corrected chi connectivity index (χ2v) is 10.2. The second kappa shape index (κ2) is 10.1. The van der Waals surface area contributed by atoms with Crippen molar-refractivity contribution in [2.75, 3.05) is 17.2 Å². The maximum atomic E-state index is 13.1. The molecule has 0 radical (unpaired) electrons. The van der Waals surface area contributed by atoms with Crippen LogP contribution >= 0.6 is 11.6 Å². The molecular formula is C24H25ClF3N7O2. The van der Waals surface area contributed by atoms with Gasteiger partial charge in [-0.3, -0.25) is 9.59 Å². The number of nitrogens with zero attached hydrogens (tertiary/aromatic N) is 4. The summed E-state index contributed by atoms with van der Waals surface area (Å²) in [7, 11) is 0. The van der Waals surface area contributed by atoms with Crippen LogP contribution in [0.1, 0.15) is 38.8 Å². The van der Waals surface area contributed by atoms with Crippen molar-refractivity contribution >= 4 is 34.9 Å². The fourth-order valence-electron chi connectivity index (χ4n) is 3.68. The van der Waals surface area contributed by atoms with E-state index in [0.717, 1.165) is 12.1 Å². The van der Waals surface area contributed by atoms with Gasteiger partial charge in [-0.25, -0.2) is 9.67 Å². The van der Waals surface area contributed by atoms with E-state index in [2.05, 4.69) is 31.2 Å². The molecule has 9 nitrogen and oxygen atoms in total. The quantitative estimate of drug-likeness (QED) is 0.442. The van der Waals surface area contributed by atoms with Crippen molar-refractivity contribution in [3.8, 4) is 11.3 Å². The summed E-state index contributed by atoms with van der Waals surface area (Å²) in [6, 6.07) is 5.85. The fraction of sp³-hybridized carbons (Fsp3) is 0.375. The molecule has 0 bridgehead atoms. The molecule has 13 heteroatoms. The highest BCUT2D eigenvalue weighted by atomic mass is 35.5. The molecule has 0 aliphatic carbocycles. The van der Waals surface area contributed by atoms with Crippen LogP contribution in [0, 0.1) is 5.41 Å². The Morgan fingerprint density at radius 2 is 1.89 bits per heavy atom. The highest BCUT2D eigenvalue weighted by Gasteiger charge is 2.35. The number of hydrogen-bond acceptors (Lipinski definition) is 6. The highest BCUT2D eigenvalue weighted by molar-refractivity contribution is 6.31. The first kappa shape index (κ1) is 26.6. The van der Waals surface area contributed by atoms with Crippen LogP contribution in [0.4, 0.5) is 24.7 Å². The SMILES string of the molecule is CC(C)(C)C(=O)Nc1ccc(-c2cn([C@@H]3CN[C@H](C(=O)Nc4ccc(Cl)c(C(F)(F)F)c4)C3)nn2)cn1. The van der Waals surface area contributed by atoms with Crippen molar-refractivity contribution in [3.63, 3.8) is 0 Å². The van der Waals surface area contributed by atoms with Crippen LogP contribution in [0.25, 0.3) is 11.3 Å². The van der Waals surface area contributed by atoms with E-state index < -0.39 is 34.1 Å². The number of nitrogens with one attached hydrogen (secondary N) is 3. The predicted molar refractivity (Wildman–Crippen MR) is 132 cm³/mol. The molecule has 196 valence electrons. The van der Waals surface area contributed by atoms with Gasteiger partial charge in [-0.2, -0.15) is 13.2 Å². The van der Waals surface area contributed by atoms with E-state index in [1.54, 1.807) is 29.2 Å². The first-order valence-corrected chi connectivity index (χ1v) is 11.8. The van der Waals surface area contributed by atoms with Gasteiger partial charge in [0.25, 0.3) is 0 Å². The minimum atomic E-state index is -4.63. The lowest BCUT2D eigenvalue weighted by Gasteiger charge is -2.17. The van der Waals surface area contributed by atoms with Gasteiger partial charge in [0.2, 0.25) is 11.8 Å². The zero-order chi connectivity index (χ0) is 27.0. The average molecular weight is 536 g/mol. The molecule has 1 aromatic carbocycles. The third-order valence-corrected chi connectivity index (χ3v) is 6.16. The summed E-state index contributed by atoms with van der Waals surface area (Å²) in [5.41, 5.74) is -0.296. The van der Waals surface area contributed by atoms with E-state index in [0.29, 0.717) is 30.0 Å². The molecule has 0 spiro atoms. The van der Waals surface area contributed by atoms with Crippen molar-refractivity contribution < 1.29 is 22.8 Å². The van der Waals surface area contributed by atoms with E-state index >= 15 is 0 Å². The normalized spacial score (nSPS) is 18.0. The molecular weight excluding hydrogens is 511 g/mol. The van der Waals surface area contributed by atoms with Crippen LogP contribution in [0.3, 0.4) is 0 Å². The summed E-state index contributed by atoms with van der Waals surface area (Å²) in [6.45, 7) is 5.85. The Labute approximate surface area is 215 Å². The monoisotopic (exact) mass is 535 g/mol. The van der Waals surface area contributed by atoms with Crippen molar-refractivity contribution in [1.29, 1.82) is 0 Å². The van der Waals surface area contributed by atoms with Gasteiger partial charge in [0.15, 0.2) is 0 Å². The number of amides is 2. The Balaban J connectivity index is 1.37. The summed E-state index contributed by atoms with van der Waals surface area (Å²) < 4.78 is 40.9. The van der Waals surface area contributed by atoms with Gasteiger partial charge in [-0.05, 0) is 36.8 Å². The molecule has 2 aromatic heterocycles. The summed E-state index contributed by atoms with van der Waals surface area (Å²) in [5.74, 6) is -0.189. The van der Waals surface area contributed by atoms with E-state index in [1.165, 1.54) is 6.07 Å². The number of benzene rings is 1. The molecule has 1 aliphatic heterocycles. The van der Waals surface area contributed by atoms with Gasteiger partial charge in [-0.15, -0.1) is 5.10 Å². The van der Waals surface area contributed by atoms with Gasteiger partial charge in [0, 0.05) is 29.4 Å². The average Bonchev–Trinajstić information content (AvgIpc) is 3.49. The minimum Gasteiger partial charge on any atom is -0.325 e. The molecule has 0 saturated carbocycles. The second-order valence-electron chi connectivity index (χ2n) is 9.75. The molecule has 1 aliphatic rings. The lowest BCUT2D eigenvalue weighted by atomic mass is 9.96. The van der Waals surface area contributed by atoms with E-state index in [1.807, 2.05) is 20.8 Å². The predicted octanol–water partition coefficient (Wildman–Crippen LogP) is 4.54. The topological polar surface area (TPSA) is 114 Å². The lowest BCUT2D eigenvalue weighted by Crippen LogP contribution is -2.35. The van der Waals surface area contributed by atoms with Crippen LogP contribution in [0.5, 0.6) is 0 Å². The van der Waals surface area contributed by atoms with Crippen LogP contribution in [0.15, 0.2) is 42.7 Å². The van der Waals surface area contributed by atoms with Gasteiger partial charge in [0.1, 0.15) is 11.5 Å². The number of anilines is 2. The van der Waals surface area contributed by atoms with Crippen molar-refractivity contribution in [1.82, 2.24) is 25.3 Å². The number of halogens is 4. The third kappa shape index (κ3) is 6.25. The number of pyridine rings is 1. The van der Waals surface area contributed by atoms with Gasteiger partial charge < -0.3 is 16.0 Å². The Hall–Kier alpha value is -3.51. The van der Waals surface area contributed by atoms with Crippen LogP contribution in [-0.2, 0) is 15.8 Å². The zero-order valence-corrected chi connectivity index (χ0v) is 21.0. The van der Waals surface area contributed by atoms with Crippen molar-refractivity contribution in [2.45, 2.75) is 45.5 Å². The zero-order valence-electron chi connectivity index (χ0n) is 20.2. The van der Waals surface area contributed by atoms with Gasteiger partial charge >= 0.3 is 6.18 Å². The smallest absolute Gasteiger partial charge is 0.325 e. The summed E-state index contributed by atoms with van der Waals surface area (Å²) >= 11 is 5.64. The van der Waals surface area contributed by atoms with E-state index in [9.17, 15) is 22.8 Å². The van der Waals surface area contributed by atoms with Gasteiger partial charge in [0.05, 0.1) is 28.9 Å². The minimum absolute atomic E-state index is 0.00431.